The molecule has 0 bridgehead atoms. The molecule has 3 heterocycles. The zero-order valence-corrected chi connectivity index (χ0v) is 23.4. The Labute approximate surface area is 235 Å². The molecular weight excluding hydrogens is 518 g/mol. The first-order valence-corrected chi connectivity index (χ1v) is 14.2. The number of hydrogen-bond donors (Lipinski definition) is 1. The molecule has 40 heavy (non-hydrogen) atoms. The summed E-state index contributed by atoms with van der Waals surface area (Å²) in [7, 11) is 0. The van der Waals surface area contributed by atoms with E-state index in [0.717, 1.165) is 27.6 Å². The molecule has 0 saturated heterocycles. The molecule has 0 spiro atoms. The predicted molar refractivity (Wildman–Crippen MR) is 160 cm³/mol. The second-order valence-corrected chi connectivity index (χ2v) is 11.1. The highest BCUT2D eigenvalue weighted by molar-refractivity contribution is 7.07. The standard InChI is InChI=1S/C33H29N3O3S/c1-4-39-32(38)28-29(22-10-6-5-7-11-22)35-33-36(30(28)23-16-14-21(15-17-23)20(2)3)31(37)27(40-33)18-24-19-34-26-13-9-8-12-25(24)26/h5-20,30,34H,4H2,1-3H3/b27-18+/t30-/m1/s1. The molecule has 0 aliphatic carbocycles. The first-order valence-electron chi connectivity index (χ1n) is 13.4. The van der Waals surface area contributed by atoms with E-state index in [0.29, 0.717) is 26.5 Å². The average Bonchev–Trinajstić information content (AvgIpc) is 3.53. The number of rotatable bonds is 6. The van der Waals surface area contributed by atoms with Crippen LogP contribution in [-0.4, -0.2) is 22.1 Å². The van der Waals surface area contributed by atoms with Crippen LogP contribution in [0.3, 0.4) is 0 Å². The van der Waals surface area contributed by atoms with Crippen molar-refractivity contribution in [3.63, 3.8) is 0 Å². The van der Waals surface area contributed by atoms with E-state index < -0.39 is 12.0 Å². The zero-order chi connectivity index (χ0) is 27.8. The first-order chi connectivity index (χ1) is 19.5. The summed E-state index contributed by atoms with van der Waals surface area (Å²) < 4.78 is 7.75. The van der Waals surface area contributed by atoms with Crippen LogP contribution in [0.25, 0.3) is 22.7 Å². The number of carbonyl (C=O) groups is 1. The number of carbonyl (C=O) groups excluding carboxylic acids is 1. The quantitative estimate of drug-likeness (QED) is 0.284. The summed E-state index contributed by atoms with van der Waals surface area (Å²) in [6.07, 6.45) is 3.81. The van der Waals surface area contributed by atoms with Gasteiger partial charge in [-0.05, 0) is 36.1 Å². The lowest BCUT2D eigenvalue weighted by Gasteiger charge is -2.26. The third kappa shape index (κ3) is 4.52. The molecule has 7 heteroatoms. The summed E-state index contributed by atoms with van der Waals surface area (Å²) in [4.78, 5) is 36.5. The maximum absolute atomic E-state index is 14.1. The molecule has 200 valence electrons. The minimum absolute atomic E-state index is 0.194. The van der Waals surface area contributed by atoms with Gasteiger partial charge in [0, 0.05) is 28.2 Å². The Morgan fingerprint density at radius 3 is 2.50 bits per heavy atom. The number of esters is 1. The number of ether oxygens (including phenoxy) is 1. The van der Waals surface area contributed by atoms with Gasteiger partial charge in [0.05, 0.1) is 28.5 Å². The van der Waals surface area contributed by atoms with Crippen molar-refractivity contribution in [2.24, 2.45) is 4.99 Å². The van der Waals surface area contributed by atoms with E-state index in [9.17, 15) is 9.59 Å². The third-order valence-electron chi connectivity index (χ3n) is 7.20. The minimum atomic E-state index is -0.683. The lowest BCUT2D eigenvalue weighted by Crippen LogP contribution is -2.40. The number of nitrogens with one attached hydrogen (secondary N) is 1. The van der Waals surface area contributed by atoms with Crippen molar-refractivity contribution in [1.82, 2.24) is 9.55 Å². The van der Waals surface area contributed by atoms with Crippen molar-refractivity contribution >= 4 is 40.0 Å². The van der Waals surface area contributed by atoms with E-state index in [1.807, 2.05) is 79.0 Å². The smallest absolute Gasteiger partial charge is 0.338 e. The summed E-state index contributed by atoms with van der Waals surface area (Å²) in [5, 5.41) is 1.03. The Bertz CT molecular complexity index is 1930. The highest BCUT2D eigenvalue weighted by Gasteiger charge is 2.35. The van der Waals surface area contributed by atoms with Crippen molar-refractivity contribution in [3.8, 4) is 0 Å². The van der Waals surface area contributed by atoms with Gasteiger partial charge in [-0.2, -0.15) is 0 Å². The van der Waals surface area contributed by atoms with E-state index in [2.05, 4.69) is 31.0 Å². The summed E-state index contributed by atoms with van der Waals surface area (Å²) in [5.41, 5.74) is 5.42. The minimum Gasteiger partial charge on any atom is -0.463 e. The van der Waals surface area contributed by atoms with Crippen LogP contribution in [0.1, 0.15) is 55.0 Å². The lowest BCUT2D eigenvalue weighted by molar-refractivity contribution is -0.138. The maximum Gasteiger partial charge on any atom is 0.338 e. The number of H-pyrrole nitrogens is 1. The molecular formula is C33H29N3O3S. The van der Waals surface area contributed by atoms with E-state index in [1.54, 1.807) is 11.5 Å². The number of aromatic nitrogens is 2. The number of benzene rings is 3. The maximum atomic E-state index is 14.1. The van der Waals surface area contributed by atoms with E-state index in [4.69, 9.17) is 9.73 Å². The molecule has 2 aromatic heterocycles. The van der Waals surface area contributed by atoms with Gasteiger partial charge in [-0.1, -0.05) is 98.0 Å². The Kier molecular flexibility index (Phi) is 6.82. The largest absolute Gasteiger partial charge is 0.463 e. The third-order valence-corrected chi connectivity index (χ3v) is 8.18. The Morgan fingerprint density at radius 1 is 1.05 bits per heavy atom. The molecule has 6 rings (SSSR count). The Hall–Kier alpha value is -4.49. The highest BCUT2D eigenvalue weighted by Crippen LogP contribution is 2.35. The average molecular weight is 548 g/mol. The molecule has 0 amide bonds. The normalized spacial score (nSPS) is 15.4. The van der Waals surface area contributed by atoms with Crippen LogP contribution in [0.15, 0.2) is 100 Å². The van der Waals surface area contributed by atoms with Crippen LogP contribution in [0, 0.1) is 0 Å². The van der Waals surface area contributed by atoms with Gasteiger partial charge in [-0.25, -0.2) is 9.79 Å². The Morgan fingerprint density at radius 2 is 1.77 bits per heavy atom. The molecule has 1 aliphatic rings. The monoisotopic (exact) mass is 547 g/mol. The van der Waals surface area contributed by atoms with E-state index in [-0.39, 0.29) is 12.2 Å². The summed E-state index contributed by atoms with van der Waals surface area (Å²) in [6, 6.07) is 25.1. The van der Waals surface area contributed by atoms with Crippen molar-refractivity contribution in [1.29, 1.82) is 0 Å². The Balaban J connectivity index is 1.64. The number of nitrogens with zero attached hydrogens (tertiary/aromatic N) is 2. The van der Waals surface area contributed by atoms with Gasteiger partial charge in [-0.3, -0.25) is 9.36 Å². The van der Waals surface area contributed by atoms with Gasteiger partial charge in [0.2, 0.25) is 0 Å². The summed E-state index contributed by atoms with van der Waals surface area (Å²) in [6.45, 7) is 6.28. The zero-order valence-electron chi connectivity index (χ0n) is 22.5. The molecule has 1 atom stereocenters. The van der Waals surface area contributed by atoms with Crippen molar-refractivity contribution in [2.45, 2.75) is 32.7 Å². The van der Waals surface area contributed by atoms with Gasteiger partial charge in [0.15, 0.2) is 4.80 Å². The molecule has 1 N–H and O–H groups in total. The molecule has 6 nitrogen and oxygen atoms in total. The molecule has 1 aliphatic heterocycles. The fraction of sp³-hybridized carbons (Fsp3) is 0.182. The number of aromatic amines is 1. The molecule has 0 saturated carbocycles. The van der Waals surface area contributed by atoms with Crippen LogP contribution >= 0.6 is 11.3 Å². The van der Waals surface area contributed by atoms with Crippen molar-refractivity contribution in [2.75, 3.05) is 6.61 Å². The molecule has 0 unspecified atom stereocenters. The SMILES string of the molecule is CCOC(=O)C1=C(c2ccccc2)N=c2s/c(=C/c3c[nH]c4ccccc34)c(=O)n2[C@@H]1c1ccc(C(C)C)cc1. The topological polar surface area (TPSA) is 76.4 Å². The fourth-order valence-corrected chi connectivity index (χ4v) is 6.17. The van der Waals surface area contributed by atoms with Gasteiger partial charge in [-0.15, -0.1) is 0 Å². The van der Waals surface area contributed by atoms with Gasteiger partial charge < -0.3 is 9.72 Å². The number of thiazole rings is 1. The van der Waals surface area contributed by atoms with Crippen LogP contribution in [0.4, 0.5) is 0 Å². The lowest BCUT2D eigenvalue weighted by atomic mass is 9.91. The number of hydrogen-bond acceptors (Lipinski definition) is 5. The van der Waals surface area contributed by atoms with Gasteiger partial charge in [0.25, 0.3) is 5.56 Å². The summed E-state index contributed by atoms with van der Waals surface area (Å²) in [5.74, 6) is -0.124. The van der Waals surface area contributed by atoms with E-state index in [1.165, 1.54) is 16.9 Å². The number of para-hydroxylation sites is 1. The first kappa shape index (κ1) is 25.8. The molecule has 0 radical (unpaired) electrons. The molecule has 3 aromatic carbocycles. The van der Waals surface area contributed by atoms with Gasteiger partial charge >= 0.3 is 5.97 Å². The highest BCUT2D eigenvalue weighted by atomic mass is 32.1. The predicted octanol–water partition coefficient (Wildman–Crippen LogP) is 5.54. The number of fused-ring (bicyclic) bond motifs is 2. The molecule has 0 fully saturated rings. The van der Waals surface area contributed by atoms with Crippen LogP contribution < -0.4 is 14.9 Å². The van der Waals surface area contributed by atoms with Crippen LogP contribution in [0.5, 0.6) is 0 Å². The summed E-state index contributed by atoms with van der Waals surface area (Å²) >= 11 is 1.33. The van der Waals surface area contributed by atoms with Gasteiger partial charge in [0.1, 0.15) is 0 Å². The second-order valence-electron chi connectivity index (χ2n) is 10.0. The second kappa shape index (κ2) is 10.6. The fourth-order valence-electron chi connectivity index (χ4n) is 5.17. The van der Waals surface area contributed by atoms with E-state index >= 15 is 0 Å². The van der Waals surface area contributed by atoms with Crippen molar-refractivity contribution in [3.05, 3.63) is 133 Å². The molecule has 5 aromatic rings. The van der Waals surface area contributed by atoms with Crippen LogP contribution in [-0.2, 0) is 9.53 Å². The van der Waals surface area contributed by atoms with Crippen LogP contribution in [0.2, 0.25) is 0 Å². The van der Waals surface area contributed by atoms with Crippen molar-refractivity contribution < 1.29 is 9.53 Å².